The minimum atomic E-state index is -0.561. The van der Waals surface area contributed by atoms with Gasteiger partial charge in [0.25, 0.3) is 5.56 Å². The fourth-order valence-electron chi connectivity index (χ4n) is 4.55. The lowest BCUT2D eigenvalue weighted by Crippen LogP contribution is -2.28. The highest BCUT2D eigenvalue weighted by atomic mass is 16.6. The Balaban J connectivity index is 1.64. The van der Waals surface area contributed by atoms with Crippen LogP contribution in [0.1, 0.15) is 81.3 Å². The summed E-state index contributed by atoms with van der Waals surface area (Å²) in [5.74, 6) is 2.92. The number of rotatable bonds is 6. The molecule has 1 atom stereocenters. The Hall–Kier alpha value is -3.63. The molecule has 7 heteroatoms. The first-order valence-electron chi connectivity index (χ1n) is 12.6. The average Bonchev–Trinajstić information content (AvgIpc) is 3.21. The highest BCUT2D eigenvalue weighted by Gasteiger charge is 2.29. The molecule has 0 aliphatic heterocycles. The number of hydrogen-bond acceptors (Lipinski definition) is 6. The number of aromatic amines is 1. The number of ether oxygens (including phenoxy) is 2. The minimum Gasteiger partial charge on any atom is -0.456 e. The summed E-state index contributed by atoms with van der Waals surface area (Å²) in [5, 5.41) is 0.547. The molecule has 1 heterocycles. The van der Waals surface area contributed by atoms with Crippen molar-refractivity contribution in [1.82, 2.24) is 9.97 Å². The van der Waals surface area contributed by atoms with Gasteiger partial charge in [0.15, 0.2) is 0 Å². The molecule has 1 aliphatic carbocycles. The maximum absolute atomic E-state index is 13.0. The standard InChI is InChI=1S/C30H35N3O4/c1-8-15-33(21-12-9-19(10-13-21)28(35)37-30(5,6)7)25-14-11-20-16-24-23(17-22(20)25)27(34)32-26(31-24)18-36-29(2,3)4/h1,9-10,12-13,16-17,25H,11,14-15,18H2,2-7H3,(H,31,32,34)/t25-/m0/s1. The van der Waals surface area contributed by atoms with Gasteiger partial charge in [-0.05, 0) is 102 Å². The fourth-order valence-corrected chi connectivity index (χ4v) is 4.55. The van der Waals surface area contributed by atoms with Crippen molar-refractivity contribution in [3.05, 3.63) is 69.3 Å². The van der Waals surface area contributed by atoms with Crippen LogP contribution in [0.2, 0.25) is 0 Å². The van der Waals surface area contributed by atoms with Crippen molar-refractivity contribution in [2.45, 2.75) is 78.2 Å². The van der Waals surface area contributed by atoms with Crippen LogP contribution < -0.4 is 10.5 Å². The summed E-state index contributed by atoms with van der Waals surface area (Å²) in [7, 11) is 0. The summed E-state index contributed by atoms with van der Waals surface area (Å²) in [4.78, 5) is 35.1. The molecule has 0 fully saturated rings. The molecule has 0 saturated heterocycles. The number of fused-ring (bicyclic) bond motifs is 2. The number of terminal acetylenes is 1. The summed E-state index contributed by atoms with van der Waals surface area (Å²) in [5.41, 5.74) is 3.22. The number of anilines is 1. The van der Waals surface area contributed by atoms with E-state index in [1.807, 2.05) is 65.8 Å². The molecular weight excluding hydrogens is 466 g/mol. The SMILES string of the molecule is C#CCN(c1ccc(C(=O)OC(C)(C)C)cc1)[C@H]1CCc2cc3nc(COC(C)(C)C)[nH]c(=O)c3cc21. The van der Waals surface area contributed by atoms with E-state index in [9.17, 15) is 9.59 Å². The fraction of sp³-hybridized carbons (Fsp3) is 0.433. The van der Waals surface area contributed by atoms with Gasteiger partial charge >= 0.3 is 5.97 Å². The first-order chi connectivity index (χ1) is 17.3. The third-order valence-corrected chi connectivity index (χ3v) is 6.17. The van der Waals surface area contributed by atoms with Crippen molar-refractivity contribution in [3.8, 4) is 12.3 Å². The maximum atomic E-state index is 13.0. The third kappa shape index (κ3) is 6.20. The van der Waals surface area contributed by atoms with Gasteiger partial charge in [0, 0.05) is 5.69 Å². The number of hydrogen-bond donors (Lipinski definition) is 1. The van der Waals surface area contributed by atoms with Gasteiger partial charge < -0.3 is 19.4 Å². The summed E-state index contributed by atoms with van der Waals surface area (Å²) in [6.45, 7) is 12.1. The Morgan fingerprint density at radius 3 is 2.46 bits per heavy atom. The van der Waals surface area contributed by atoms with Gasteiger partial charge in [-0.25, -0.2) is 9.78 Å². The van der Waals surface area contributed by atoms with Crippen LogP contribution in [0, 0.1) is 12.3 Å². The van der Waals surface area contributed by atoms with Gasteiger partial charge in [-0.1, -0.05) is 5.92 Å². The number of aryl methyl sites for hydroxylation is 1. The first kappa shape index (κ1) is 26.4. The number of aromatic nitrogens is 2. The zero-order valence-electron chi connectivity index (χ0n) is 22.5. The van der Waals surface area contributed by atoms with Crippen molar-refractivity contribution >= 4 is 22.6 Å². The molecule has 0 unspecified atom stereocenters. The molecule has 0 spiro atoms. The van der Waals surface area contributed by atoms with E-state index in [0.717, 1.165) is 29.7 Å². The Morgan fingerprint density at radius 1 is 1.14 bits per heavy atom. The summed E-state index contributed by atoms with van der Waals surface area (Å²) >= 11 is 0. The Morgan fingerprint density at radius 2 is 1.84 bits per heavy atom. The van der Waals surface area contributed by atoms with Crippen LogP contribution in [0.4, 0.5) is 5.69 Å². The highest BCUT2D eigenvalue weighted by molar-refractivity contribution is 5.90. The molecule has 1 aliphatic rings. The third-order valence-electron chi connectivity index (χ3n) is 6.17. The van der Waals surface area contributed by atoms with Crippen LogP contribution in [0.15, 0.2) is 41.2 Å². The normalized spacial score (nSPS) is 15.3. The molecule has 7 nitrogen and oxygen atoms in total. The minimum absolute atomic E-state index is 0.00567. The Kier molecular flexibility index (Phi) is 7.16. The van der Waals surface area contributed by atoms with Crippen molar-refractivity contribution < 1.29 is 14.3 Å². The second kappa shape index (κ2) is 10.0. The van der Waals surface area contributed by atoms with E-state index >= 15 is 0 Å². The topological polar surface area (TPSA) is 84.5 Å². The monoisotopic (exact) mass is 501 g/mol. The van der Waals surface area contributed by atoms with E-state index in [1.54, 1.807) is 12.1 Å². The van der Waals surface area contributed by atoms with Crippen LogP contribution in [-0.4, -0.2) is 33.7 Å². The molecule has 0 amide bonds. The number of nitrogens with zero attached hydrogens (tertiary/aromatic N) is 2. The van der Waals surface area contributed by atoms with Crippen LogP contribution in [-0.2, 0) is 22.5 Å². The van der Waals surface area contributed by atoms with E-state index in [2.05, 4.69) is 20.8 Å². The maximum Gasteiger partial charge on any atom is 0.338 e. The molecule has 1 aromatic heterocycles. The average molecular weight is 502 g/mol. The van der Waals surface area contributed by atoms with Gasteiger partial charge in [-0.3, -0.25) is 4.79 Å². The van der Waals surface area contributed by atoms with Gasteiger partial charge in [-0.15, -0.1) is 6.42 Å². The summed E-state index contributed by atoms with van der Waals surface area (Å²) in [6.07, 6.45) is 7.47. The smallest absolute Gasteiger partial charge is 0.338 e. The van der Waals surface area contributed by atoms with Crippen LogP contribution in [0.25, 0.3) is 10.9 Å². The highest BCUT2D eigenvalue weighted by Crippen LogP contribution is 2.39. The lowest BCUT2D eigenvalue weighted by atomic mass is 10.0. The van der Waals surface area contributed by atoms with Gasteiger partial charge in [-0.2, -0.15) is 0 Å². The quantitative estimate of drug-likeness (QED) is 0.364. The van der Waals surface area contributed by atoms with Crippen molar-refractivity contribution in [2.24, 2.45) is 0 Å². The number of benzene rings is 2. The zero-order chi connectivity index (χ0) is 27.0. The van der Waals surface area contributed by atoms with Gasteiger partial charge in [0.2, 0.25) is 0 Å². The van der Waals surface area contributed by atoms with Crippen molar-refractivity contribution in [3.63, 3.8) is 0 Å². The van der Waals surface area contributed by atoms with Crippen molar-refractivity contribution in [1.29, 1.82) is 0 Å². The predicted molar refractivity (Wildman–Crippen MR) is 146 cm³/mol. The molecule has 0 saturated carbocycles. The van der Waals surface area contributed by atoms with E-state index in [-0.39, 0.29) is 29.8 Å². The number of nitrogens with one attached hydrogen (secondary N) is 1. The molecule has 194 valence electrons. The van der Waals surface area contributed by atoms with Gasteiger partial charge in [0.1, 0.15) is 18.0 Å². The first-order valence-corrected chi connectivity index (χ1v) is 12.6. The lowest BCUT2D eigenvalue weighted by Gasteiger charge is -2.30. The largest absolute Gasteiger partial charge is 0.456 e. The van der Waals surface area contributed by atoms with E-state index in [1.165, 1.54) is 0 Å². The molecule has 0 bridgehead atoms. The van der Waals surface area contributed by atoms with Crippen LogP contribution >= 0.6 is 0 Å². The molecule has 2 aromatic carbocycles. The molecule has 3 aromatic rings. The molecular formula is C30H35N3O4. The molecule has 37 heavy (non-hydrogen) atoms. The molecule has 4 rings (SSSR count). The predicted octanol–water partition coefficient (Wildman–Crippen LogP) is 5.32. The van der Waals surface area contributed by atoms with E-state index in [0.29, 0.717) is 28.8 Å². The molecule has 1 N–H and O–H groups in total. The number of carbonyl (C=O) groups is 1. The summed E-state index contributed by atoms with van der Waals surface area (Å²) in [6, 6.07) is 11.3. The number of esters is 1. The zero-order valence-corrected chi connectivity index (χ0v) is 22.5. The lowest BCUT2D eigenvalue weighted by molar-refractivity contribution is -0.0181. The van der Waals surface area contributed by atoms with Crippen LogP contribution in [0.5, 0.6) is 0 Å². The molecule has 0 radical (unpaired) electrons. The van der Waals surface area contributed by atoms with Crippen molar-refractivity contribution in [2.75, 3.05) is 11.4 Å². The van der Waals surface area contributed by atoms with Gasteiger partial charge in [0.05, 0.1) is 34.7 Å². The van der Waals surface area contributed by atoms with E-state index < -0.39 is 5.60 Å². The number of carbonyl (C=O) groups excluding carboxylic acids is 1. The van der Waals surface area contributed by atoms with E-state index in [4.69, 9.17) is 15.9 Å². The second-order valence-corrected chi connectivity index (χ2v) is 11.4. The Labute approximate surface area is 218 Å². The second-order valence-electron chi connectivity index (χ2n) is 11.4. The summed E-state index contributed by atoms with van der Waals surface area (Å²) < 4.78 is 11.3. The van der Waals surface area contributed by atoms with Crippen LogP contribution in [0.3, 0.4) is 0 Å². The Bertz CT molecular complexity index is 1400. The number of H-pyrrole nitrogens is 1.